The monoisotopic (exact) mass is 424 g/mol. The number of hydrogen-bond donors (Lipinski definition) is 1. The highest BCUT2D eigenvalue weighted by Gasteiger charge is 2.18. The van der Waals surface area contributed by atoms with Gasteiger partial charge in [0.15, 0.2) is 0 Å². The summed E-state index contributed by atoms with van der Waals surface area (Å²) in [6, 6.07) is 20.8. The van der Waals surface area contributed by atoms with Crippen LogP contribution < -0.4 is 9.46 Å². The van der Waals surface area contributed by atoms with E-state index >= 15 is 0 Å². The summed E-state index contributed by atoms with van der Waals surface area (Å²) in [5, 5.41) is 0. The summed E-state index contributed by atoms with van der Waals surface area (Å²) >= 11 is 0. The predicted octanol–water partition coefficient (Wildman–Crippen LogP) is 4.08. The first-order valence-corrected chi connectivity index (χ1v) is 10.9. The molecule has 0 unspecified atom stereocenters. The smallest absolute Gasteiger partial charge is 0.261 e. The van der Waals surface area contributed by atoms with Crippen molar-refractivity contribution in [1.29, 1.82) is 0 Å². The fourth-order valence-electron chi connectivity index (χ4n) is 2.97. The molecule has 0 aliphatic heterocycles. The molecule has 0 radical (unpaired) electrons. The number of carbonyl (C=O) groups excluding carboxylic acids is 1. The number of anilines is 1. The van der Waals surface area contributed by atoms with Gasteiger partial charge in [-0.3, -0.25) is 9.52 Å². The van der Waals surface area contributed by atoms with Gasteiger partial charge in [0.1, 0.15) is 5.75 Å². The molecular weight excluding hydrogens is 400 g/mol. The van der Waals surface area contributed by atoms with E-state index < -0.39 is 10.0 Å². The number of nitrogens with zero attached hydrogens (tertiary/aromatic N) is 1. The Morgan fingerprint density at radius 2 is 1.67 bits per heavy atom. The van der Waals surface area contributed by atoms with E-state index in [9.17, 15) is 13.2 Å². The minimum absolute atomic E-state index is 0.112. The molecule has 0 bridgehead atoms. The number of nitrogens with one attached hydrogen (secondary N) is 1. The van der Waals surface area contributed by atoms with Crippen molar-refractivity contribution < 1.29 is 17.9 Å². The second kappa shape index (κ2) is 9.00. The van der Waals surface area contributed by atoms with Crippen molar-refractivity contribution in [2.75, 3.05) is 18.9 Å². The van der Waals surface area contributed by atoms with Gasteiger partial charge in [-0.1, -0.05) is 36.4 Å². The number of amides is 1. The third-order valence-corrected chi connectivity index (χ3v) is 6.09. The summed E-state index contributed by atoms with van der Waals surface area (Å²) in [5.74, 6) is 0.378. The van der Waals surface area contributed by atoms with E-state index in [1.54, 1.807) is 49.2 Å². The Labute approximate surface area is 177 Å². The van der Waals surface area contributed by atoms with Crippen molar-refractivity contribution in [2.45, 2.75) is 18.4 Å². The van der Waals surface area contributed by atoms with Crippen LogP contribution in [0.25, 0.3) is 0 Å². The number of hydrogen-bond acceptors (Lipinski definition) is 4. The number of methoxy groups -OCH3 is 1. The van der Waals surface area contributed by atoms with Crippen molar-refractivity contribution >= 4 is 21.6 Å². The summed E-state index contributed by atoms with van der Waals surface area (Å²) in [4.78, 5) is 14.6. The molecule has 0 saturated heterocycles. The van der Waals surface area contributed by atoms with Crippen molar-refractivity contribution in [3.8, 4) is 5.75 Å². The molecule has 0 atom stereocenters. The van der Waals surface area contributed by atoms with Gasteiger partial charge in [-0.05, 0) is 54.4 Å². The van der Waals surface area contributed by atoms with Gasteiger partial charge in [0.25, 0.3) is 15.9 Å². The van der Waals surface area contributed by atoms with Crippen LogP contribution in [0.3, 0.4) is 0 Å². The molecule has 0 spiro atoms. The second-order valence-electron chi connectivity index (χ2n) is 6.96. The number of ether oxygens (including phenoxy) is 1. The first-order valence-electron chi connectivity index (χ1n) is 9.37. The summed E-state index contributed by atoms with van der Waals surface area (Å²) < 4.78 is 33.2. The predicted molar refractivity (Wildman–Crippen MR) is 117 cm³/mol. The van der Waals surface area contributed by atoms with Gasteiger partial charge in [0.2, 0.25) is 0 Å². The molecule has 6 nitrogen and oxygen atoms in total. The SMILES string of the molecule is COc1ccc(S(=O)(=O)Nc2cc(C(=O)N(C)Cc3ccccc3)ccc2C)cc1. The standard InChI is InChI=1S/C23H24N2O4S/c1-17-9-10-19(23(26)25(2)16-18-7-5-4-6-8-18)15-22(17)24-30(27,28)21-13-11-20(29-3)12-14-21/h4-15,24H,16H2,1-3H3. The summed E-state index contributed by atoms with van der Waals surface area (Å²) in [6.07, 6.45) is 0. The van der Waals surface area contributed by atoms with Gasteiger partial charge in [-0.15, -0.1) is 0 Å². The van der Waals surface area contributed by atoms with Gasteiger partial charge in [0, 0.05) is 19.2 Å². The Bertz CT molecular complexity index is 1130. The van der Waals surface area contributed by atoms with Crippen molar-refractivity contribution in [3.63, 3.8) is 0 Å². The molecule has 1 N–H and O–H groups in total. The highest BCUT2D eigenvalue weighted by Crippen LogP contribution is 2.23. The highest BCUT2D eigenvalue weighted by molar-refractivity contribution is 7.92. The van der Waals surface area contributed by atoms with E-state index in [-0.39, 0.29) is 10.8 Å². The first kappa shape index (κ1) is 21.4. The van der Waals surface area contributed by atoms with Gasteiger partial charge in [0.05, 0.1) is 17.7 Å². The van der Waals surface area contributed by atoms with Crippen LogP contribution in [0.1, 0.15) is 21.5 Å². The van der Waals surface area contributed by atoms with Crippen molar-refractivity contribution in [3.05, 3.63) is 89.5 Å². The summed E-state index contributed by atoms with van der Waals surface area (Å²) in [6.45, 7) is 2.24. The highest BCUT2D eigenvalue weighted by atomic mass is 32.2. The maximum absolute atomic E-state index is 12.9. The molecule has 7 heteroatoms. The third kappa shape index (κ3) is 4.99. The van der Waals surface area contributed by atoms with Crippen molar-refractivity contribution in [2.24, 2.45) is 0 Å². The quantitative estimate of drug-likeness (QED) is 0.620. The fourth-order valence-corrected chi connectivity index (χ4v) is 4.09. The van der Waals surface area contributed by atoms with E-state index in [1.807, 2.05) is 30.3 Å². The van der Waals surface area contributed by atoms with Crippen LogP contribution in [0.5, 0.6) is 5.75 Å². The molecule has 30 heavy (non-hydrogen) atoms. The summed E-state index contributed by atoms with van der Waals surface area (Å²) in [7, 11) is -0.568. The number of benzene rings is 3. The lowest BCUT2D eigenvalue weighted by atomic mass is 10.1. The first-order chi connectivity index (χ1) is 14.3. The van der Waals surface area contributed by atoms with E-state index in [1.165, 1.54) is 19.2 Å². The number of carbonyl (C=O) groups is 1. The van der Waals surface area contributed by atoms with E-state index in [2.05, 4.69) is 4.72 Å². The number of aryl methyl sites for hydroxylation is 1. The molecule has 156 valence electrons. The van der Waals surface area contributed by atoms with Crippen LogP contribution in [0.15, 0.2) is 77.7 Å². The Balaban J connectivity index is 1.81. The zero-order valence-electron chi connectivity index (χ0n) is 17.1. The minimum atomic E-state index is -3.80. The van der Waals surface area contributed by atoms with Gasteiger partial charge in [-0.25, -0.2) is 8.42 Å². The van der Waals surface area contributed by atoms with E-state index in [0.717, 1.165) is 5.56 Å². The minimum Gasteiger partial charge on any atom is -0.497 e. The molecule has 0 aliphatic carbocycles. The number of sulfonamides is 1. The molecule has 0 aromatic heterocycles. The molecule has 0 fully saturated rings. The van der Waals surface area contributed by atoms with Crippen LogP contribution in [-0.4, -0.2) is 33.4 Å². The zero-order chi connectivity index (χ0) is 21.7. The molecule has 1 amide bonds. The van der Waals surface area contributed by atoms with Crippen LogP contribution >= 0.6 is 0 Å². The van der Waals surface area contributed by atoms with Gasteiger partial charge in [-0.2, -0.15) is 0 Å². The van der Waals surface area contributed by atoms with Crippen LogP contribution in [0.2, 0.25) is 0 Å². The van der Waals surface area contributed by atoms with Gasteiger partial charge >= 0.3 is 0 Å². The van der Waals surface area contributed by atoms with Crippen LogP contribution in [0.4, 0.5) is 5.69 Å². The maximum Gasteiger partial charge on any atom is 0.261 e. The molecule has 3 aromatic rings. The Kier molecular flexibility index (Phi) is 6.42. The third-order valence-electron chi connectivity index (χ3n) is 4.71. The fraction of sp³-hybridized carbons (Fsp3) is 0.174. The van der Waals surface area contributed by atoms with Crippen molar-refractivity contribution in [1.82, 2.24) is 4.90 Å². The molecular formula is C23H24N2O4S. The zero-order valence-corrected chi connectivity index (χ0v) is 17.9. The average Bonchev–Trinajstić information content (AvgIpc) is 2.75. The van der Waals surface area contributed by atoms with Gasteiger partial charge < -0.3 is 9.64 Å². The lowest BCUT2D eigenvalue weighted by Crippen LogP contribution is -2.26. The van der Waals surface area contributed by atoms with E-state index in [0.29, 0.717) is 29.1 Å². The molecule has 3 rings (SSSR count). The molecule has 0 aliphatic rings. The average molecular weight is 425 g/mol. The topological polar surface area (TPSA) is 75.7 Å². The largest absolute Gasteiger partial charge is 0.497 e. The molecule has 3 aromatic carbocycles. The van der Waals surface area contributed by atoms with E-state index in [4.69, 9.17) is 4.74 Å². The Hall–Kier alpha value is -3.32. The number of rotatable bonds is 7. The lowest BCUT2D eigenvalue weighted by molar-refractivity contribution is 0.0785. The lowest BCUT2D eigenvalue weighted by Gasteiger charge is -2.19. The molecule has 0 saturated carbocycles. The Morgan fingerprint density at radius 3 is 2.30 bits per heavy atom. The molecule has 0 heterocycles. The normalized spacial score (nSPS) is 11.0. The Morgan fingerprint density at radius 1 is 1.00 bits per heavy atom. The van der Waals surface area contributed by atoms with Crippen LogP contribution in [0, 0.1) is 6.92 Å². The maximum atomic E-state index is 12.9. The summed E-state index contributed by atoms with van der Waals surface area (Å²) in [5.41, 5.74) is 2.51. The van der Waals surface area contributed by atoms with Crippen LogP contribution in [-0.2, 0) is 16.6 Å². The second-order valence-corrected chi connectivity index (χ2v) is 8.64.